The number of carbonyl (C=O) groups is 1. The normalized spacial score (nSPS) is 13.1. The number of rotatable bonds is 4. The second-order valence-corrected chi connectivity index (χ2v) is 4.62. The van der Waals surface area contributed by atoms with Crippen LogP contribution >= 0.6 is 0 Å². The zero-order valence-electron chi connectivity index (χ0n) is 11.0. The van der Waals surface area contributed by atoms with Gasteiger partial charge in [0, 0.05) is 24.0 Å². The molecular weight excluding hydrogens is 283 g/mol. The number of benzene rings is 1. The van der Waals surface area contributed by atoms with E-state index in [0.29, 0.717) is 11.4 Å². The molecule has 2 rings (SSSR count). The molecule has 1 aromatic heterocycles. The van der Waals surface area contributed by atoms with Crippen LogP contribution in [0.3, 0.4) is 0 Å². The first-order valence-corrected chi connectivity index (χ1v) is 6.18. The number of halogens is 3. The summed E-state index contributed by atoms with van der Waals surface area (Å²) in [5.74, 6) is -0.539. The summed E-state index contributed by atoms with van der Waals surface area (Å²) in [6.45, 7) is 0. The first kappa shape index (κ1) is 15.1. The quantitative estimate of drug-likeness (QED) is 0.909. The molecule has 0 aliphatic carbocycles. The van der Waals surface area contributed by atoms with Crippen molar-refractivity contribution in [3.8, 4) is 5.69 Å². The molecule has 4 nitrogen and oxygen atoms in total. The second kappa shape index (κ2) is 5.61. The van der Waals surface area contributed by atoms with Crippen LogP contribution in [0.2, 0.25) is 0 Å². The minimum atomic E-state index is -4.37. The molecule has 0 aliphatic heterocycles. The van der Waals surface area contributed by atoms with Crippen LogP contribution in [0.4, 0.5) is 13.2 Å². The van der Waals surface area contributed by atoms with Crippen molar-refractivity contribution in [1.82, 2.24) is 4.57 Å². The smallest absolute Gasteiger partial charge is 0.370 e. The van der Waals surface area contributed by atoms with Gasteiger partial charge in [-0.25, -0.2) is 0 Å². The van der Waals surface area contributed by atoms with Crippen molar-refractivity contribution in [2.75, 3.05) is 0 Å². The Labute approximate surface area is 119 Å². The average Bonchev–Trinajstić information content (AvgIpc) is 2.86. The Balaban J connectivity index is 2.31. The number of amides is 1. The first-order valence-electron chi connectivity index (χ1n) is 6.18. The fourth-order valence-corrected chi connectivity index (χ4v) is 2.06. The summed E-state index contributed by atoms with van der Waals surface area (Å²) in [6, 6.07) is 7.49. The second-order valence-electron chi connectivity index (χ2n) is 4.62. The summed E-state index contributed by atoms with van der Waals surface area (Å²) in [5, 5.41) is 0. The van der Waals surface area contributed by atoms with E-state index in [9.17, 15) is 18.0 Å². The van der Waals surface area contributed by atoms with Gasteiger partial charge in [0.25, 0.3) is 0 Å². The molecule has 0 fully saturated rings. The molecule has 2 aromatic rings. The van der Waals surface area contributed by atoms with Gasteiger partial charge in [0.05, 0.1) is 11.6 Å². The van der Waals surface area contributed by atoms with Crippen LogP contribution in [0, 0.1) is 0 Å². The van der Waals surface area contributed by atoms with Crippen molar-refractivity contribution >= 4 is 5.91 Å². The maximum absolute atomic E-state index is 12.5. The predicted octanol–water partition coefficient (Wildman–Crippen LogP) is 2.37. The van der Waals surface area contributed by atoms with Gasteiger partial charge in [-0.2, -0.15) is 13.2 Å². The molecular formula is C14H14F3N3O. The van der Waals surface area contributed by atoms with Crippen LogP contribution in [0.5, 0.6) is 0 Å². The highest BCUT2D eigenvalue weighted by molar-refractivity contribution is 5.74. The van der Waals surface area contributed by atoms with Gasteiger partial charge in [0.2, 0.25) is 5.91 Å². The van der Waals surface area contributed by atoms with Crippen LogP contribution in [-0.4, -0.2) is 10.5 Å². The van der Waals surface area contributed by atoms with Gasteiger partial charge in [-0.05, 0) is 36.4 Å². The molecule has 0 spiro atoms. The predicted molar refractivity (Wildman–Crippen MR) is 71.5 cm³/mol. The molecule has 1 aromatic carbocycles. The van der Waals surface area contributed by atoms with Gasteiger partial charge in [-0.1, -0.05) is 0 Å². The SMILES string of the molecule is NC(=O)CC(N)c1cccn1-c1ccc(C(F)(F)F)cc1. The number of alkyl halides is 3. The fourth-order valence-electron chi connectivity index (χ4n) is 2.06. The summed E-state index contributed by atoms with van der Waals surface area (Å²) in [6.07, 6.45) is -2.75. The molecule has 1 atom stereocenters. The minimum absolute atomic E-state index is 0.0371. The largest absolute Gasteiger partial charge is 0.416 e. The molecule has 0 bridgehead atoms. The zero-order chi connectivity index (χ0) is 15.6. The molecule has 7 heteroatoms. The fraction of sp³-hybridized carbons (Fsp3) is 0.214. The Bertz CT molecular complexity index is 632. The summed E-state index contributed by atoms with van der Waals surface area (Å²) >= 11 is 0. The Hall–Kier alpha value is -2.28. The maximum Gasteiger partial charge on any atom is 0.416 e. The highest BCUT2D eigenvalue weighted by Gasteiger charge is 2.30. The summed E-state index contributed by atoms with van der Waals surface area (Å²) in [4.78, 5) is 10.9. The van der Waals surface area contributed by atoms with E-state index in [0.717, 1.165) is 12.1 Å². The van der Waals surface area contributed by atoms with Gasteiger partial charge in [0.15, 0.2) is 0 Å². The number of carbonyl (C=O) groups excluding carboxylic acids is 1. The van der Waals surface area contributed by atoms with Gasteiger partial charge in [-0.3, -0.25) is 4.79 Å². The van der Waals surface area contributed by atoms with E-state index < -0.39 is 23.7 Å². The monoisotopic (exact) mass is 297 g/mol. The highest BCUT2D eigenvalue weighted by atomic mass is 19.4. The molecule has 0 saturated carbocycles. The summed E-state index contributed by atoms with van der Waals surface area (Å²) in [5.41, 5.74) is 11.4. The number of nitrogens with zero attached hydrogens (tertiary/aromatic N) is 1. The lowest BCUT2D eigenvalue weighted by Crippen LogP contribution is -2.22. The van der Waals surface area contributed by atoms with Crippen LogP contribution in [-0.2, 0) is 11.0 Å². The Morgan fingerprint density at radius 3 is 2.33 bits per heavy atom. The standard InChI is InChI=1S/C14H14F3N3O/c15-14(16,17)9-3-5-10(6-4-9)20-7-1-2-12(20)11(18)8-13(19)21/h1-7,11H,8,18H2,(H2,19,21). The number of primary amides is 1. The average molecular weight is 297 g/mol. The van der Waals surface area contributed by atoms with Crippen molar-refractivity contribution < 1.29 is 18.0 Å². The maximum atomic E-state index is 12.5. The van der Waals surface area contributed by atoms with Gasteiger partial charge in [-0.15, -0.1) is 0 Å². The highest BCUT2D eigenvalue weighted by Crippen LogP contribution is 2.30. The van der Waals surface area contributed by atoms with Crippen molar-refractivity contribution in [2.24, 2.45) is 11.5 Å². The van der Waals surface area contributed by atoms with Gasteiger partial charge < -0.3 is 16.0 Å². The van der Waals surface area contributed by atoms with Crippen LogP contribution in [0.15, 0.2) is 42.6 Å². The Kier molecular flexibility index (Phi) is 4.04. The van der Waals surface area contributed by atoms with Gasteiger partial charge in [0.1, 0.15) is 0 Å². The van der Waals surface area contributed by atoms with E-state index in [1.54, 1.807) is 22.9 Å². The molecule has 1 amide bonds. The number of nitrogens with two attached hydrogens (primary N) is 2. The summed E-state index contributed by atoms with van der Waals surface area (Å²) < 4.78 is 39.2. The van der Waals surface area contributed by atoms with Crippen molar-refractivity contribution in [1.29, 1.82) is 0 Å². The molecule has 4 N–H and O–H groups in total. The lowest BCUT2D eigenvalue weighted by molar-refractivity contribution is -0.137. The van der Waals surface area contributed by atoms with E-state index in [-0.39, 0.29) is 6.42 Å². The van der Waals surface area contributed by atoms with E-state index in [1.807, 2.05) is 0 Å². The van der Waals surface area contributed by atoms with E-state index >= 15 is 0 Å². The lowest BCUT2D eigenvalue weighted by Gasteiger charge is -2.15. The summed E-state index contributed by atoms with van der Waals surface area (Å²) in [7, 11) is 0. The molecule has 0 saturated heterocycles. The molecule has 1 heterocycles. The van der Waals surface area contributed by atoms with Crippen LogP contribution in [0.25, 0.3) is 5.69 Å². The lowest BCUT2D eigenvalue weighted by atomic mass is 10.1. The van der Waals surface area contributed by atoms with Crippen LogP contribution in [0.1, 0.15) is 23.7 Å². The van der Waals surface area contributed by atoms with E-state index in [1.165, 1.54) is 12.1 Å². The first-order chi connectivity index (χ1) is 9.79. The third-order valence-electron chi connectivity index (χ3n) is 3.05. The Morgan fingerprint density at radius 1 is 1.19 bits per heavy atom. The van der Waals surface area contributed by atoms with E-state index in [2.05, 4.69) is 0 Å². The third kappa shape index (κ3) is 3.43. The number of aromatic nitrogens is 1. The van der Waals surface area contributed by atoms with Crippen molar-refractivity contribution in [3.63, 3.8) is 0 Å². The van der Waals surface area contributed by atoms with Crippen molar-refractivity contribution in [2.45, 2.75) is 18.6 Å². The molecule has 0 aliphatic rings. The molecule has 21 heavy (non-hydrogen) atoms. The molecule has 0 radical (unpaired) electrons. The van der Waals surface area contributed by atoms with E-state index in [4.69, 9.17) is 11.5 Å². The van der Waals surface area contributed by atoms with Crippen molar-refractivity contribution in [3.05, 3.63) is 53.9 Å². The molecule has 1 unspecified atom stereocenters. The van der Waals surface area contributed by atoms with Crippen LogP contribution < -0.4 is 11.5 Å². The number of hydrogen-bond donors (Lipinski definition) is 2. The minimum Gasteiger partial charge on any atom is -0.370 e. The molecule has 112 valence electrons. The van der Waals surface area contributed by atoms with Gasteiger partial charge >= 0.3 is 6.18 Å². The topological polar surface area (TPSA) is 74.0 Å². The zero-order valence-corrected chi connectivity index (χ0v) is 11.0. The Morgan fingerprint density at radius 2 is 1.81 bits per heavy atom. The number of hydrogen-bond acceptors (Lipinski definition) is 2. The third-order valence-corrected chi connectivity index (χ3v) is 3.05.